The summed E-state index contributed by atoms with van der Waals surface area (Å²) in [5.41, 5.74) is 0.541. The van der Waals surface area contributed by atoms with Gasteiger partial charge in [0.1, 0.15) is 0 Å². The largest absolute Gasteiger partial charge is 0.429 e. The third-order valence-corrected chi connectivity index (χ3v) is 4.76. The predicted octanol–water partition coefficient (Wildman–Crippen LogP) is 6.59. The average Bonchev–Trinajstić information content (AvgIpc) is 2.55. The van der Waals surface area contributed by atoms with Crippen molar-refractivity contribution < 1.29 is 22.3 Å². The number of hydrogen-bond acceptors (Lipinski definition) is 1. The molecule has 1 aromatic rings. The first kappa shape index (κ1) is 18.8. The summed E-state index contributed by atoms with van der Waals surface area (Å²) < 4.78 is 55.9. The predicted molar refractivity (Wildman–Crippen MR) is 86.4 cm³/mol. The molecule has 0 bridgehead atoms. The lowest BCUT2D eigenvalue weighted by Gasteiger charge is -2.29. The van der Waals surface area contributed by atoms with Crippen LogP contribution in [-0.4, -0.2) is 6.61 Å². The van der Waals surface area contributed by atoms with Gasteiger partial charge in [0, 0.05) is 0 Å². The highest BCUT2D eigenvalue weighted by Gasteiger charge is 2.25. The number of hydrogen-bond donors (Lipinski definition) is 0. The minimum atomic E-state index is -3.24. The standard InChI is InChI=1S/C19H24F4O/c1-2-3-4-5-6-13-7-9-14(10-8-13)15-11-16(20)18(17(21)12-15)24-19(22)23/h2-3,11-14,19H,4-10H2,1H3/b3-2+. The van der Waals surface area contributed by atoms with Crippen LogP contribution in [0.1, 0.15) is 63.4 Å². The van der Waals surface area contributed by atoms with Crippen LogP contribution in [0.2, 0.25) is 0 Å². The molecule has 1 saturated carbocycles. The maximum atomic E-state index is 13.8. The number of alkyl halides is 2. The molecule has 0 aromatic heterocycles. The van der Waals surface area contributed by atoms with Crippen molar-refractivity contribution in [3.8, 4) is 5.75 Å². The first-order valence-electron chi connectivity index (χ1n) is 8.56. The van der Waals surface area contributed by atoms with Crippen LogP contribution in [0.4, 0.5) is 17.6 Å². The van der Waals surface area contributed by atoms with Crippen molar-refractivity contribution in [1.82, 2.24) is 0 Å². The third-order valence-electron chi connectivity index (χ3n) is 4.76. The first-order valence-corrected chi connectivity index (χ1v) is 8.56. The zero-order chi connectivity index (χ0) is 17.5. The number of rotatable bonds is 7. The topological polar surface area (TPSA) is 9.23 Å². The quantitative estimate of drug-likeness (QED) is 0.308. The fourth-order valence-corrected chi connectivity index (χ4v) is 3.49. The van der Waals surface area contributed by atoms with E-state index in [9.17, 15) is 17.6 Å². The van der Waals surface area contributed by atoms with Crippen LogP contribution in [0.15, 0.2) is 24.3 Å². The van der Waals surface area contributed by atoms with E-state index < -0.39 is 24.0 Å². The van der Waals surface area contributed by atoms with Crippen LogP contribution in [0.5, 0.6) is 5.75 Å². The molecule has 1 aliphatic carbocycles. The van der Waals surface area contributed by atoms with Gasteiger partial charge >= 0.3 is 6.61 Å². The molecule has 0 spiro atoms. The first-order chi connectivity index (χ1) is 11.5. The van der Waals surface area contributed by atoms with Gasteiger partial charge in [-0.3, -0.25) is 0 Å². The molecular formula is C19H24F4O. The van der Waals surface area contributed by atoms with E-state index >= 15 is 0 Å². The summed E-state index contributed by atoms with van der Waals surface area (Å²) in [4.78, 5) is 0. The van der Waals surface area contributed by atoms with Gasteiger partial charge in [-0.15, -0.1) is 0 Å². The lowest BCUT2D eigenvalue weighted by molar-refractivity contribution is -0.0546. The number of halogens is 4. The molecule has 0 N–H and O–H groups in total. The molecule has 134 valence electrons. The van der Waals surface area contributed by atoms with Crippen LogP contribution in [0, 0.1) is 17.6 Å². The summed E-state index contributed by atoms with van der Waals surface area (Å²) >= 11 is 0. The highest BCUT2D eigenvalue weighted by molar-refractivity contribution is 5.33. The normalized spacial score (nSPS) is 21.6. The van der Waals surface area contributed by atoms with E-state index in [4.69, 9.17) is 0 Å². The lowest BCUT2D eigenvalue weighted by atomic mass is 9.77. The van der Waals surface area contributed by atoms with Gasteiger partial charge in [0.25, 0.3) is 0 Å². The highest BCUT2D eigenvalue weighted by atomic mass is 19.3. The molecular weight excluding hydrogens is 320 g/mol. The Labute approximate surface area is 140 Å². The Bertz CT molecular complexity index is 525. The molecule has 2 rings (SSSR count). The van der Waals surface area contributed by atoms with Gasteiger partial charge in [-0.2, -0.15) is 8.78 Å². The van der Waals surface area contributed by atoms with Crippen LogP contribution in [0.25, 0.3) is 0 Å². The van der Waals surface area contributed by atoms with Crippen LogP contribution in [0.3, 0.4) is 0 Å². The van der Waals surface area contributed by atoms with E-state index in [1.165, 1.54) is 12.8 Å². The van der Waals surface area contributed by atoms with E-state index in [1.54, 1.807) is 0 Å². The second kappa shape index (κ2) is 9.09. The third kappa shape index (κ3) is 5.25. The average molecular weight is 344 g/mol. The Hall–Kier alpha value is -1.52. The molecule has 0 radical (unpaired) electrons. The summed E-state index contributed by atoms with van der Waals surface area (Å²) in [6, 6.07) is 2.27. The second-order valence-corrected chi connectivity index (χ2v) is 6.41. The SMILES string of the molecule is C/C=C/CCCC1CCC(c2cc(F)c(OC(F)F)c(F)c2)CC1. The second-order valence-electron chi connectivity index (χ2n) is 6.41. The van der Waals surface area contributed by atoms with Crippen molar-refractivity contribution in [2.24, 2.45) is 5.92 Å². The van der Waals surface area contributed by atoms with Gasteiger partial charge in [0.2, 0.25) is 0 Å². The minimum absolute atomic E-state index is 0.0846. The summed E-state index contributed by atoms with van der Waals surface area (Å²) in [5.74, 6) is -2.35. The Balaban J connectivity index is 1.92. The zero-order valence-corrected chi connectivity index (χ0v) is 13.9. The van der Waals surface area contributed by atoms with Crippen molar-refractivity contribution in [3.05, 3.63) is 41.5 Å². The zero-order valence-electron chi connectivity index (χ0n) is 13.9. The molecule has 5 heteroatoms. The van der Waals surface area contributed by atoms with E-state index in [-0.39, 0.29) is 5.92 Å². The number of benzene rings is 1. The minimum Gasteiger partial charge on any atom is -0.429 e. The molecule has 0 amide bonds. The number of allylic oxidation sites excluding steroid dienone is 2. The maximum absolute atomic E-state index is 13.8. The number of ether oxygens (including phenoxy) is 1. The summed E-state index contributed by atoms with van der Waals surface area (Å²) in [6.07, 6.45) is 11.5. The fraction of sp³-hybridized carbons (Fsp3) is 0.579. The molecule has 0 unspecified atom stereocenters. The summed E-state index contributed by atoms with van der Waals surface area (Å²) in [6.45, 7) is -1.22. The smallest absolute Gasteiger partial charge is 0.387 e. The Kier molecular flexibility index (Phi) is 7.13. The molecule has 0 saturated heterocycles. The van der Waals surface area contributed by atoms with Gasteiger partial charge in [-0.1, -0.05) is 18.6 Å². The molecule has 1 aromatic carbocycles. The van der Waals surface area contributed by atoms with E-state index in [0.717, 1.165) is 44.2 Å². The Morgan fingerprint density at radius 2 is 1.75 bits per heavy atom. The molecule has 0 aliphatic heterocycles. The fourth-order valence-electron chi connectivity index (χ4n) is 3.49. The van der Waals surface area contributed by atoms with Crippen LogP contribution in [-0.2, 0) is 0 Å². The van der Waals surface area contributed by atoms with E-state index in [2.05, 4.69) is 16.9 Å². The summed E-state index contributed by atoms with van der Waals surface area (Å²) in [5, 5.41) is 0. The van der Waals surface area contributed by atoms with Gasteiger partial charge in [-0.05, 0) is 75.0 Å². The van der Waals surface area contributed by atoms with E-state index in [0.29, 0.717) is 11.5 Å². The van der Waals surface area contributed by atoms with E-state index in [1.807, 2.05) is 6.92 Å². The maximum Gasteiger partial charge on any atom is 0.387 e. The Morgan fingerprint density at radius 1 is 1.12 bits per heavy atom. The molecule has 1 nitrogen and oxygen atoms in total. The van der Waals surface area contributed by atoms with Gasteiger partial charge in [0.05, 0.1) is 0 Å². The monoisotopic (exact) mass is 344 g/mol. The van der Waals surface area contributed by atoms with Crippen molar-refractivity contribution >= 4 is 0 Å². The van der Waals surface area contributed by atoms with Gasteiger partial charge in [-0.25, -0.2) is 8.78 Å². The van der Waals surface area contributed by atoms with Crippen LogP contribution < -0.4 is 4.74 Å². The lowest BCUT2D eigenvalue weighted by Crippen LogP contribution is -2.14. The van der Waals surface area contributed by atoms with Crippen molar-refractivity contribution in [2.45, 2.75) is 64.4 Å². The highest BCUT2D eigenvalue weighted by Crippen LogP contribution is 2.39. The number of unbranched alkanes of at least 4 members (excludes halogenated alkanes) is 1. The van der Waals surface area contributed by atoms with Crippen molar-refractivity contribution in [1.29, 1.82) is 0 Å². The van der Waals surface area contributed by atoms with Crippen molar-refractivity contribution in [3.63, 3.8) is 0 Å². The van der Waals surface area contributed by atoms with Crippen molar-refractivity contribution in [2.75, 3.05) is 0 Å². The van der Waals surface area contributed by atoms with Crippen LogP contribution >= 0.6 is 0 Å². The molecule has 1 fully saturated rings. The summed E-state index contributed by atoms with van der Waals surface area (Å²) in [7, 11) is 0. The van der Waals surface area contributed by atoms with Gasteiger partial charge < -0.3 is 4.74 Å². The molecule has 1 aliphatic rings. The molecule has 0 atom stereocenters. The van der Waals surface area contributed by atoms with Gasteiger partial charge in [0.15, 0.2) is 17.4 Å². The molecule has 0 heterocycles. The molecule has 24 heavy (non-hydrogen) atoms. The Morgan fingerprint density at radius 3 is 2.29 bits per heavy atom.